The van der Waals surface area contributed by atoms with Crippen LogP contribution in [0.3, 0.4) is 0 Å². The third-order valence-corrected chi connectivity index (χ3v) is 6.23. The highest BCUT2D eigenvalue weighted by molar-refractivity contribution is 7.09. The van der Waals surface area contributed by atoms with Crippen LogP contribution in [0, 0.1) is 12.7 Å². The monoisotopic (exact) mass is 398 g/mol. The Morgan fingerprint density at radius 2 is 2.07 bits per heavy atom. The third kappa shape index (κ3) is 2.81. The van der Waals surface area contributed by atoms with E-state index in [1.807, 2.05) is 18.4 Å². The van der Waals surface area contributed by atoms with Crippen molar-refractivity contribution in [1.82, 2.24) is 29.0 Å². The number of halogens is 1. The second-order valence-electron chi connectivity index (χ2n) is 7.36. The molecule has 2 aromatic heterocycles. The molecule has 1 aliphatic carbocycles. The van der Waals surface area contributed by atoms with Crippen molar-refractivity contribution in [2.45, 2.75) is 45.2 Å². The Morgan fingerprint density at radius 3 is 2.79 bits per heavy atom. The van der Waals surface area contributed by atoms with Gasteiger partial charge in [-0.25, -0.2) is 9.37 Å². The first-order valence-corrected chi connectivity index (χ1v) is 10.1. The lowest BCUT2D eigenvalue weighted by molar-refractivity contribution is 0.0637. The number of carbonyl (C=O) groups is 1. The summed E-state index contributed by atoms with van der Waals surface area (Å²) in [7, 11) is 0. The molecular weight excluding hydrogens is 379 g/mol. The molecule has 0 saturated heterocycles. The fraction of sp³-hybridized carbons (Fsp3) is 0.421. The van der Waals surface area contributed by atoms with Crippen LogP contribution >= 0.6 is 11.5 Å². The Labute approximate surface area is 165 Å². The summed E-state index contributed by atoms with van der Waals surface area (Å²) < 4.78 is 20.0. The summed E-state index contributed by atoms with van der Waals surface area (Å²) in [5, 5.41) is 9.36. The minimum atomic E-state index is -0.290. The maximum atomic E-state index is 13.7. The van der Waals surface area contributed by atoms with Crippen LogP contribution in [0.5, 0.6) is 0 Å². The van der Waals surface area contributed by atoms with E-state index < -0.39 is 0 Å². The van der Waals surface area contributed by atoms with E-state index in [1.165, 1.54) is 23.7 Å². The molecule has 144 valence electrons. The Bertz CT molecular complexity index is 1070. The average molecular weight is 398 g/mol. The molecule has 1 aromatic carbocycles. The van der Waals surface area contributed by atoms with Crippen molar-refractivity contribution in [3.8, 4) is 10.8 Å². The predicted molar refractivity (Wildman–Crippen MR) is 101 cm³/mol. The molecule has 1 aliphatic heterocycles. The second kappa shape index (κ2) is 6.44. The molecule has 7 nitrogen and oxygen atoms in total. The number of hydrogen-bond acceptors (Lipinski definition) is 6. The maximum Gasteiger partial charge on any atom is 0.254 e. The van der Waals surface area contributed by atoms with E-state index in [4.69, 9.17) is 0 Å². The predicted octanol–water partition coefficient (Wildman–Crippen LogP) is 3.34. The lowest BCUT2D eigenvalue weighted by Gasteiger charge is -2.34. The fourth-order valence-corrected chi connectivity index (χ4v) is 4.49. The third-order valence-electron chi connectivity index (χ3n) is 5.43. The molecule has 0 N–H and O–H groups in total. The number of aromatic nitrogens is 5. The number of hydrogen-bond donors (Lipinski definition) is 0. The minimum Gasteiger partial charge on any atom is -0.327 e. The summed E-state index contributed by atoms with van der Waals surface area (Å²) in [6.07, 6.45) is 2.02. The highest BCUT2D eigenvalue weighted by Crippen LogP contribution is 2.42. The molecule has 0 spiro atoms. The Balaban J connectivity index is 1.47. The molecule has 1 fully saturated rings. The van der Waals surface area contributed by atoms with Crippen LogP contribution < -0.4 is 0 Å². The number of amides is 1. The summed E-state index contributed by atoms with van der Waals surface area (Å²) in [5.41, 5.74) is 1.43. The van der Waals surface area contributed by atoms with Crippen LogP contribution in [-0.4, -0.2) is 41.5 Å². The van der Waals surface area contributed by atoms with Gasteiger partial charge in [0.05, 0.1) is 6.04 Å². The van der Waals surface area contributed by atoms with Crippen LogP contribution in [0.15, 0.2) is 18.2 Å². The van der Waals surface area contributed by atoms with E-state index in [9.17, 15) is 9.18 Å². The average Bonchev–Trinajstić information content (AvgIpc) is 3.30. The Morgan fingerprint density at radius 1 is 1.25 bits per heavy atom. The van der Waals surface area contributed by atoms with Gasteiger partial charge in [-0.3, -0.25) is 4.79 Å². The number of fused-ring (bicyclic) bond motifs is 1. The standard InChI is InChI=1S/C19H19FN6OS/c1-10-16-22-23-17(18-21-11(2)24-28-18)26(16)8-7-25(10)19(27)14-6-5-13(20)9-15(14)12-3-4-12/h5-6,9-10,12H,3-4,7-8H2,1-2H3/t10-/m1/s1. The number of rotatable bonds is 3. The first-order valence-electron chi connectivity index (χ1n) is 9.37. The lowest BCUT2D eigenvalue weighted by Crippen LogP contribution is -2.41. The number of aryl methyl sites for hydroxylation is 1. The first kappa shape index (κ1) is 17.4. The summed E-state index contributed by atoms with van der Waals surface area (Å²) >= 11 is 1.30. The topological polar surface area (TPSA) is 76.8 Å². The quantitative estimate of drug-likeness (QED) is 0.676. The van der Waals surface area contributed by atoms with Crippen LogP contribution in [0.1, 0.15) is 59.3 Å². The summed E-state index contributed by atoms with van der Waals surface area (Å²) in [4.78, 5) is 19.5. The first-order chi connectivity index (χ1) is 13.5. The molecule has 28 heavy (non-hydrogen) atoms. The van der Waals surface area contributed by atoms with Gasteiger partial charge >= 0.3 is 0 Å². The molecule has 3 aromatic rings. The summed E-state index contributed by atoms with van der Waals surface area (Å²) in [5.74, 6) is 2.07. The highest BCUT2D eigenvalue weighted by Gasteiger charge is 2.35. The molecule has 0 bridgehead atoms. The van der Waals surface area contributed by atoms with Crippen molar-refractivity contribution in [3.05, 3.63) is 46.8 Å². The van der Waals surface area contributed by atoms with Gasteiger partial charge in [0.15, 0.2) is 16.7 Å². The van der Waals surface area contributed by atoms with Gasteiger partial charge in [-0.15, -0.1) is 10.2 Å². The van der Waals surface area contributed by atoms with Gasteiger partial charge in [0.25, 0.3) is 5.91 Å². The van der Waals surface area contributed by atoms with Gasteiger partial charge in [-0.2, -0.15) is 4.37 Å². The molecule has 2 aliphatic rings. The highest BCUT2D eigenvalue weighted by atomic mass is 32.1. The van der Waals surface area contributed by atoms with Crippen molar-refractivity contribution in [3.63, 3.8) is 0 Å². The van der Waals surface area contributed by atoms with Gasteiger partial charge in [0.2, 0.25) is 0 Å². The summed E-state index contributed by atoms with van der Waals surface area (Å²) in [6.45, 7) is 4.92. The molecule has 5 rings (SSSR count). The number of nitrogens with zero attached hydrogens (tertiary/aromatic N) is 6. The van der Waals surface area contributed by atoms with Crippen molar-refractivity contribution >= 4 is 17.4 Å². The summed E-state index contributed by atoms with van der Waals surface area (Å²) in [6, 6.07) is 4.27. The smallest absolute Gasteiger partial charge is 0.254 e. The second-order valence-corrected chi connectivity index (χ2v) is 8.11. The van der Waals surface area contributed by atoms with Gasteiger partial charge in [-0.1, -0.05) is 0 Å². The number of benzene rings is 1. The van der Waals surface area contributed by atoms with E-state index in [0.717, 1.165) is 29.2 Å². The van der Waals surface area contributed by atoms with Crippen molar-refractivity contribution in [1.29, 1.82) is 0 Å². The van der Waals surface area contributed by atoms with Crippen LogP contribution in [0.2, 0.25) is 0 Å². The van der Waals surface area contributed by atoms with E-state index in [1.54, 1.807) is 11.0 Å². The zero-order valence-corrected chi connectivity index (χ0v) is 16.4. The van der Waals surface area contributed by atoms with Crippen LogP contribution in [-0.2, 0) is 6.54 Å². The molecule has 9 heteroatoms. The van der Waals surface area contributed by atoms with E-state index in [-0.39, 0.29) is 17.8 Å². The Kier molecular flexibility index (Phi) is 4.01. The zero-order valence-electron chi connectivity index (χ0n) is 15.6. The molecule has 1 atom stereocenters. The van der Waals surface area contributed by atoms with Crippen molar-refractivity contribution in [2.75, 3.05) is 6.54 Å². The molecular formula is C19H19FN6OS. The van der Waals surface area contributed by atoms with Gasteiger partial charge in [-0.05, 0) is 67.9 Å². The maximum absolute atomic E-state index is 13.7. The molecule has 0 radical (unpaired) electrons. The minimum absolute atomic E-state index is 0.0723. The number of carbonyl (C=O) groups excluding carboxylic acids is 1. The van der Waals surface area contributed by atoms with E-state index >= 15 is 0 Å². The van der Waals surface area contributed by atoms with E-state index in [0.29, 0.717) is 36.2 Å². The molecule has 0 unspecified atom stereocenters. The zero-order chi connectivity index (χ0) is 19.4. The van der Waals surface area contributed by atoms with Gasteiger partial charge in [0, 0.05) is 18.7 Å². The van der Waals surface area contributed by atoms with Gasteiger partial charge in [0.1, 0.15) is 11.6 Å². The SMILES string of the molecule is Cc1nsc(-c2nnc3n2CCN(C(=O)c2ccc(F)cc2C2CC2)[C@@H]3C)n1. The lowest BCUT2D eigenvalue weighted by atomic mass is 10.0. The van der Waals surface area contributed by atoms with Crippen molar-refractivity contribution < 1.29 is 9.18 Å². The fourth-order valence-electron chi connectivity index (χ4n) is 3.82. The van der Waals surface area contributed by atoms with Crippen LogP contribution in [0.25, 0.3) is 10.8 Å². The van der Waals surface area contributed by atoms with Crippen LogP contribution in [0.4, 0.5) is 4.39 Å². The normalized spacial score (nSPS) is 19.0. The van der Waals surface area contributed by atoms with E-state index in [2.05, 4.69) is 19.6 Å². The Hall–Kier alpha value is -2.68. The van der Waals surface area contributed by atoms with Gasteiger partial charge < -0.3 is 9.47 Å². The van der Waals surface area contributed by atoms with Crippen molar-refractivity contribution in [2.24, 2.45) is 0 Å². The molecule has 1 amide bonds. The molecule has 1 saturated carbocycles. The molecule has 3 heterocycles. The largest absolute Gasteiger partial charge is 0.327 e.